The highest BCUT2D eigenvalue weighted by molar-refractivity contribution is 5.77. The lowest BCUT2D eigenvalue weighted by molar-refractivity contribution is -0.148. The van der Waals surface area contributed by atoms with Crippen molar-refractivity contribution in [3.8, 4) is 0 Å². The van der Waals surface area contributed by atoms with Gasteiger partial charge in [-0.2, -0.15) is 0 Å². The van der Waals surface area contributed by atoms with E-state index in [0.29, 0.717) is 0 Å². The van der Waals surface area contributed by atoms with Crippen LogP contribution in [0.4, 0.5) is 0 Å². The monoisotopic (exact) mass is 296 g/mol. The van der Waals surface area contributed by atoms with Crippen molar-refractivity contribution in [1.29, 1.82) is 0 Å². The Morgan fingerprint density at radius 2 is 1.57 bits per heavy atom. The third-order valence-electron chi connectivity index (χ3n) is 3.30. The Hall–Kier alpha value is -1.58. The Bertz CT molecular complexity index is 345. The van der Waals surface area contributed by atoms with Gasteiger partial charge in [-0.15, -0.1) is 0 Å². The predicted octanol–water partition coefficient (Wildman–Crippen LogP) is 4.42. The molecule has 0 aliphatic carbocycles. The van der Waals surface area contributed by atoms with Crippen LogP contribution in [0.1, 0.15) is 64.7 Å². The molecule has 0 heterocycles. The van der Waals surface area contributed by atoms with E-state index in [0.717, 1.165) is 6.42 Å². The third kappa shape index (κ3) is 13.2. The van der Waals surface area contributed by atoms with Crippen LogP contribution in [0.2, 0.25) is 0 Å². The molecule has 0 radical (unpaired) electrons. The van der Waals surface area contributed by atoms with Gasteiger partial charge in [0.15, 0.2) is 0 Å². The summed E-state index contributed by atoms with van der Waals surface area (Å²) in [7, 11) is 0. The molecule has 21 heavy (non-hydrogen) atoms. The van der Waals surface area contributed by atoms with Gasteiger partial charge in [-0.05, 0) is 19.3 Å². The highest BCUT2D eigenvalue weighted by Gasteiger charge is 2.18. The van der Waals surface area contributed by atoms with Crippen LogP contribution in [0.3, 0.4) is 0 Å². The lowest BCUT2D eigenvalue weighted by atomic mass is 10.0. The minimum absolute atomic E-state index is 0.253. The van der Waals surface area contributed by atoms with E-state index in [1.165, 1.54) is 38.5 Å². The third-order valence-corrected chi connectivity index (χ3v) is 3.30. The van der Waals surface area contributed by atoms with Crippen LogP contribution < -0.4 is 0 Å². The molecule has 0 aliphatic rings. The molecular weight excluding hydrogens is 268 g/mol. The second-order valence-electron chi connectivity index (χ2n) is 5.28. The normalized spacial score (nSPS) is 13.0. The van der Waals surface area contributed by atoms with Crippen molar-refractivity contribution >= 4 is 11.9 Å². The molecule has 0 rings (SSSR count). The van der Waals surface area contributed by atoms with Gasteiger partial charge in [0, 0.05) is 0 Å². The van der Waals surface area contributed by atoms with E-state index in [4.69, 9.17) is 10.2 Å². The molecule has 0 amide bonds. The average Bonchev–Trinajstić information content (AvgIpc) is 2.42. The zero-order valence-corrected chi connectivity index (χ0v) is 13.0. The lowest BCUT2D eigenvalue weighted by Crippen LogP contribution is -2.16. The molecular formula is C17H28O4. The first kappa shape index (κ1) is 19.4. The highest BCUT2D eigenvalue weighted by atomic mass is 16.4. The molecule has 120 valence electrons. The summed E-state index contributed by atoms with van der Waals surface area (Å²) in [5.41, 5.74) is 0. The largest absolute Gasteiger partial charge is 0.481 e. The average molecular weight is 296 g/mol. The van der Waals surface area contributed by atoms with Crippen LogP contribution >= 0.6 is 0 Å². The Morgan fingerprint density at radius 3 is 2.19 bits per heavy atom. The number of rotatable bonds is 13. The van der Waals surface area contributed by atoms with Gasteiger partial charge >= 0.3 is 11.9 Å². The molecule has 0 aromatic heterocycles. The van der Waals surface area contributed by atoms with Crippen molar-refractivity contribution in [1.82, 2.24) is 0 Å². The van der Waals surface area contributed by atoms with Gasteiger partial charge in [-0.25, -0.2) is 0 Å². The van der Waals surface area contributed by atoms with Crippen molar-refractivity contribution in [3.63, 3.8) is 0 Å². The van der Waals surface area contributed by atoms with Gasteiger partial charge in [-0.3, -0.25) is 9.59 Å². The van der Waals surface area contributed by atoms with Crippen molar-refractivity contribution in [2.75, 3.05) is 0 Å². The Morgan fingerprint density at radius 1 is 0.952 bits per heavy atom. The minimum Gasteiger partial charge on any atom is -0.481 e. The van der Waals surface area contributed by atoms with Gasteiger partial charge in [0.05, 0.1) is 12.3 Å². The molecule has 0 aliphatic heterocycles. The maximum Gasteiger partial charge on any atom is 0.307 e. The summed E-state index contributed by atoms with van der Waals surface area (Å²) in [6.07, 6.45) is 16.1. The molecule has 2 N–H and O–H groups in total. The SMILES string of the molecule is CCCCCCCC/C=C/C=C/CC(CC(=O)O)C(=O)O. The number of carbonyl (C=O) groups is 2. The van der Waals surface area contributed by atoms with Gasteiger partial charge < -0.3 is 10.2 Å². The van der Waals surface area contributed by atoms with Crippen LogP contribution in [-0.2, 0) is 9.59 Å². The molecule has 1 atom stereocenters. The van der Waals surface area contributed by atoms with Crippen LogP contribution in [-0.4, -0.2) is 22.2 Å². The molecule has 0 bridgehead atoms. The van der Waals surface area contributed by atoms with Gasteiger partial charge in [0.2, 0.25) is 0 Å². The zero-order chi connectivity index (χ0) is 15.9. The molecule has 0 saturated heterocycles. The van der Waals surface area contributed by atoms with Gasteiger partial charge in [0.1, 0.15) is 0 Å². The number of unbranched alkanes of at least 4 members (excludes halogenated alkanes) is 6. The van der Waals surface area contributed by atoms with Crippen molar-refractivity contribution in [2.45, 2.75) is 64.7 Å². The molecule has 0 aromatic rings. The van der Waals surface area contributed by atoms with Crippen molar-refractivity contribution in [2.24, 2.45) is 5.92 Å². The van der Waals surface area contributed by atoms with Crippen LogP contribution in [0.15, 0.2) is 24.3 Å². The molecule has 1 unspecified atom stereocenters. The van der Waals surface area contributed by atoms with Crippen LogP contribution in [0.25, 0.3) is 0 Å². The standard InChI is InChI=1S/C17H28O4/c1-2-3-4-5-6-7-8-9-10-11-12-13-15(17(20)21)14-16(18)19/h9-12,15H,2-8,13-14H2,1H3,(H,18,19)(H,20,21)/b10-9+,12-11+. The number of aliphatic carboxylic acids is 2. The second-order valence-corrected chi connectivity index (χ2v) is 5.28. The lowest BCUT2D eigenvalue weighted by Gasteiger charge is -2.05. The number of hydrogen-bond donors (Lipinski definition) is 2. The molecule has 0 fully saturated rings. The van der Waals surface area contributed by atoms with E-state index >= 15 is 0 Å². The second kappa shape index (κ2) is 13.4. The van der Waals surface area contributed by atoms with Crippen molar-refractivity contribution < 1.29 is 19.8 Å². The molecule has 4 nitrogen and oxygen atoms in total. The van der Waals surface area contributed by atoms with Crippen molar-refractivity contribution in [3.05, 3.63) is 24.3 Å². The van der Waals surface area contributed by atoms with E-state index in [9.17, 15) is 9.59 Å². The molecule has 0 spiro atoms. The zero-order valence-electron chi connectivity index (χ0n) is 13.0. The first-order valence-electron chi connectivity index (χ1n) is 7.84. The summed E-state index contributed by atoms with van der Waals surface area (Å²) < 4.78 is 0. The van der Waals surface area contributed by atoms with Crippen LogP contribution in [0, 0.1) is 5.92 Å². The van der Waals surface area contributed by atoms with E-state index in [1.54, 1.807) is 12.2 Å². The number of carboxylic acids is 2. The fourth-order valence-electron chi connectivity index (χ4n) is 2.02. The summed E-state index contributed by atoms with van der Waals surface area (Å²) in [4.78, 5) is 21.3. The topological polar surface area (TPSA) is 74.6 Å². The highest BCUT2D eigenvalue weighted by Crippen LogP contribution is 2.10. The number of hydrogen-bond acceptors (Lipinski definition) is 2. The number of allylic oxidation sites excluding steroid dienone is 4. The Labute approximate surface area is 127 Å². The number of carboxylic acid groups (broad SMARTS) is 2. The molecule has 0 saturated carbocycles. The van der Waals surface area contributed by atoms with E-state index < -0.39 is 17.9 Å². The maximum absolute atomic E-state index is 10.8. The van der Waals surface area contributed by atoms with E-state index in [-0.39, 0.29) is 12.8 Å². The Kier molecular flexibility index (Phi) is 12.4. The summed E-state index contributed by atoms with van der Waals surface area (Å²) in [6, 6.07) is 0. The summed E-state index contributed by atoms with van der Waals surface area (Å²) >= 11 is 0. The first-order valence-corrected chi connectivity index (χ1v) is 7.84. The fraction of sp³-hybridized carbons (Fsp3) is 0.647. The quantitative estimate of drug-likeness (QED) is 0.390. The maximum atomic E-state index is 10.8. The Balaban J connectivity index is 3.71. The smallest absolute Gasteiger partial charge is 0.307 e. The molecule has 0 aromatic carbocycles. The predicted molar refractivity (Wildman–Crippen MR) is 84.3 cm³/mol. The first-order chi connectivity index (χ1) is 10.1. The summed E-state index contributed by atoms with van der Waals surface area (Å²) in [6.45, 7) is 2.21. The van der Waals surface area contributed by atoms with E-state index in [1.807, 2.05) is 6.08 Å². The van der Waals surface area contributed by atoms with Gasteiger partial charge in [0.25, 0.3) is 0 Å². The summed E-state index contributed by atoms with van der Waals surface area (Å²) in [5.74, 6) is -2.97. The van der Waals surface area contributed by atoms with Gasteiger partial charge in [-0.1, -0.05) is 63.3 Å². The molecule has 4 heteroatoms. The fourth-order valence-corrected chi connectivity index (χ4v) is 2.02. The van der Waals surface area contributed by atoms with Crippen LogP contribution in [0.5, 0.6) is 0 Å². The summed E-state index contributed by atoms with van der Waals surface area (Å²) in [5, 5.41) is 17.5. The minimum atomic E-state index is -1.07. The van der Waals surface area contributed by atoms with E-state index in [2.05, 4.69) is 13.0 Å².